The lowest BCUT2D eigenvalue weighted by atomic mass is 9.52. The molecule has 0 bridgehead atoms. The molecule has 2 rings (SSSR count). The monoisotopic (exact) mass is 308 g/mol. The number of hydrogen-bond acceptors (Lipinski definition) is 4. The first kappa shape index (κ1) is 16.7. The smallest absolute Gasteiger partial charge is 0.331 e. The highest BCUT2D eigenvalue weighted by Crippen LogP contribution is 2.57. The molecule has 2 fully saturated rings. The van der Waals surface area contributed by atoms with E-state index in [1.165, 1.54) is 6.92 Å². The molecule has 0 amide bonds. The lowest BCUT2D eigenvalue weighted by Gasteiger charge is -2.57. The fourth-order valence-electron chi connectivity index (χ4n) is 4.07. The summed E-state index contributed by atoms with van der Waals surface area (Å²) in [5.41, 5.74) is -1.12. The topological polar surface area (TPSA) is 83.8 Å². The van der Waals surface area contributed by atoms with Gasteiger partial charge < -0.3 is 14.9 Å². The van der Waals surface area contributed by atoms with E-state index in [2.05, 4.69) is 13.2 Å². The maximum Gasteiger partial charge on any atom is 0.331 e. The highest BCUT2D eigenvalue weighted by Gasteiger charge is 2.60. The third-order valence-electron chi connectivity index (χ3n) is 5.53. The van der Waals surface area contributed by atoms with Crippen molar-refractivity contribution >= 4 is 11.9 Å². The molecule has 2 saturated carbocycles. The molecule has 2 aliphatic rings. The Morgan fingerprint density at radius 2 is 2.05 bits per heavy atom. The van der Waals surface area contributed by atoms with Gasteiger partial charge in [0.15, 0.2) is 0 Å². The molecule has 4 atom stereocenters. The van der Waals surface area contributed by atoms with Crippen molar-refractivity contribution in [2.75, 3.05) is 0 Å². The van der Waals surface area contributed by atoms with Gasteiger partial charge >= 0.3 is 11.9 Å². The summed E-state index contributed by atoms with van der Waals surface area (Å²) in [6, 6.07) is 0. The average molecular weight is 308 g/mol. The molecular formula is C17H24O5. The van der Waals surface area contributed by atoms with Crippen LogP contribution in [0.4, 0.5) is 0 Å². The van der Waals surface area contributed by atoms with Gasteiger partial charge in [-0.05, 0) is 43.6 Å². The summed E-state index contributed by atoms with van der Waals surface area (Å²) in [6.45, 7) is 10.9. The lowest BCUT2D eigenvalue weighted by Crippen LogP contribution is -2.61. The SMILES string of the molecule is C=C(C(=O)O)[C@@H]1C[C@H](OC(C)=O)[C@@]2(C)CCCC(=C)[C@@]2(O)C1. The summed E-state index contributed by atoms with van der Waals surface area (Å²) in [7, 11) is 0. The molecule has 5 heteroatoms. The third-order valence-corrected chi connectivity index (χ3v) is 5.53. The van der Waals surface area contributed by atoms with Gasteiger partial charge in [0.25, 0.3) is 0 Å². The molecule has 22 heavy (non-hydrogen) atoms. The minimum absolute atomic E-state index is 0.0472. The second-order valence-corrected chi connectivity index (χ2v) is 6.80. The number of rotatable bonds is 3. The molecule has 0 aliphatic heterocycles. The Morgan fingerprint density at radius 1 is 1.41 bits per heavy atom. The molecular weight excluding hydrogens is 284 g/mol. The minimum atomic E-state index is -1.23. The van der Waals surface area contributed by atoms with Gasteiger partial charge in [0, 0.05) is 17.9 Å². The van der Waals surface area contributed by atoms with Crippen LogP contribution in [-0.2, 0) is 14.3 Å². The van der Waals surface area contributed by atoms with Crippen LogP contribution in [0.1, 0.15) is 46.0 Å². The maximum absolute atomic E-state index is 11.5. The number of carbonyl (C=O) groups excluding carboxylic acids is 1. The van der Waals surface area contributed by atoms with Gasteiger partial charge in [-0.3, -0.25) is 4.79 Å². The zero-order valence-corrected chi connectivity index (χ0v) is 13.2. The van der Waals surface area contributed by atoms with E-state index in [-0.39, 0.29) is 12.0 Å². The number of aliphatic carboxylic acids is 1. The highest BCUT2D eigenvalue weighted by molar-refractivity contribution is 5.86. The van der Waals surface area contributed by atoms with E-state index in [1.807, 2.05) is 6.92 Å². The molecule has 0 spiro atoms. The molecule has 0 radical (unpaired) electrons. The fraction of sp³-hybridized carbons (Fsp3) is 0.647. The molecule has 0 unspecified atom stereocenters. The quantitative estimate of drug-likeness (QED) is 0.475. The molecule has 0 saturated heterocycles. The van der Waals surface area contributed by atoms with E-state index >= 15 is 0 Å². The number of carboxylic acids is 1. The van der Waals surface area contributed by atoms with Crippen LogP contribution < -0.4 is 0 Å². The van der Waals surface area contributed by atoms with Crippen molar-refractivity contribution in [1.29, 1.82) is 0 Å². The number of carbonyl (C=O) groups is 2. The van der Waals surface area contributed by atoms with Gasteiger partial charge in [-0.1, -0.05) is 20.1 Å². The van der Waals surface area contributed by atoms with Crippen LogP contribution in [0.15, 0.2) is 24.3 Å². The van der Waals surface area contributed by atoms with Crippen LogP contribution >= 0.6 is 0 Å². The van der Waals surface area contributed by atoms with Crippen LogP contribution in [0, 0.1) is 11.3 Å². The van der Waals surface area contributed by atoms with E-state index in [0.717, 1.165) is 6.42 Å². The minimum Gasteiger partial charge on any atom is -0.478 e. The summed E-state index contributed by atoms with van der Waals surface area (Å²) in [6.07, 6.45) is 2.39. The Labute approximate surface area is 130 Å². The number of aliphatic hydroxyl groups is 1. The molecule has 0 aromatic heterocycles. The van der Waals surface area contributed by atoms with Gasteiger partial charge in [0.2, 0.25) is 0 Å². The Hall–Kier alpha value is -1.62. The number of fused-ring (bicyclic) bond motifs is 1. The Bertz CT molecular complexity index is 537. The second-order valence-electron chi connectivity index (χ2n) is 6.80. The number of esters is 1. The lowest BCUT2D eigenvalue weighted by molar-refractivity contribution is -0.193. The largest absolute Gasteiger partial charge is 0.478 e. The zero-order valence-electron chi connectivity index (χ0n) is 13.2. The van der Waals surface area contributed by atoms with Gasteiger partial charge in [0.05, 0.1) is 5.60 Å². The standard InChI is InChI=1S/C17H24O5/c1-10-6-5-7-16(4)14(22-12(3)18)8-13(9-17(10,16)21)11(2)15(19)20/h13-14,21H,1-2,5-9H2,3-4H3,(H,19,20)/t13-,14+,16-,17+/m1/s1. The van der Waals surface area contributed by atoms with Gasteiger partial charge in [-0.2, -0.15) is 0 Å². The van der Waals surface area contributed by atoms with Crippen LogP contribution in [0.2, 0.25) is 0 Å². The number of hydrogen-bond donors (Lipinski definition) is 2. The van der Waals surface area contributed by atoms with E-state index in [4.69, 9.17) is 4.74 Å². The number of carboxylic acid groups (broad SMARTS) is 1. The maximum atomic E-state index is 11.5. The zero-order chi connectivity index (χ0) is 16.7. The summed E-state index contributed by atoms with van der Waals surface area (Å²) >= 11 is 0. The first-order valence-corrected chi connectivity index (χ1v) is 7.62. The van der Waals surface area contributed by atoms with E-state index in [1.54, 1.807) is 0 Å². The van der Waals surface area contributed by atoms with Gasteiger partial charge in [-0.15, -0.1) is 0 Å². The molecule has 0 heterocycles. The third kappa shape index (κ3) is 2.47. The van der Waals surface area contributed by atoms with Gasteiger partial charge in [0.1, 0.15) is 6.10 Å². The average Bonchev–Trinajstić information content (AvgIpc) is 2.41. The van der Waals surface area contributed by atoms with Crippen molar-refractivity contribution < 1.29 is 24.5 Å². The highest BCUT2D eigenvalue weighted by atomic mass is 16.5. The number of ether oxygens (including phenoxy) is 1. The summed E-state index contributed by atoms with van der Waals surface area (Å²) in [5.74, 6) is -1.94. The summed E-state index contributed by atoms with van der Waals surface area (Å²) < 4.78 is 5.46. The Morgan fingerprint density at radius 3 is 2.59 bits per heavy atom. The predicted molar refractivity (Wildman–Crippen MR) is 81.1 cm³/mol. The van der Waals surface area contributed by atoms with Gasteiger partial charge in [-0.25, -0.2) is 4.79 Å². The molecule has 5 nitrogen and oxygen atoms in total. The first-order valence-electron chi connectivity index (χ1n) is 7.62. The Kier molecular flexibility index (Phi) is 4.22. The van der Waals surface area contributed by atoms with Crippen molar-refractivity contribution in [3.05, 3.63) is 24.3 Å². The van der Waals surface area contributed by atoms with E-state index in [0.29, 0.717) is 24.8 Å². The van der Waals surface area contributed by atoms with Crippen molar-refractivity contribution in [1.82, 2.24) is 0 Å². The summed E-state index contributed by atoms with van der Waals surface area (Å²) in [5, 5.41) is 20.5. The molecule has 0 aromatic carbocycles. The molecule has 2 N–H and O–H groups in total. The van der Waals surface area contributed by atoms with Crippen LogP contribution in [0.3, 0.4) is 0 Å². The molecule has 0 aromatic rings. The van der Waals surface area contributed by atoms with Crippen molar-refractivity contribution in [3.63, 3.8) is 0 Å². The fourth-order valence-corrected chi connectivity index (χ4v) is 4.07. The summed E-state index contributed by atoms with van der Waals surface area (Å²) in [4.78, 5) is 22.7. The van der Waals surface area contributed by atoms with E-state index < -0.39 is 35.0 Å². The van der Waals surface area contributed by atoms with Crippen LogP contribution in [0.5, 0.6) is 0 Å². The predicted octanol–water partition coefficient (Wildman–Crippen LogP) is 2.45. The normalized spacial score (nSPS) is 38.0. The van der Waals surface area contributed by atoms with Crippen LogP contribution in [-0.4, -0.2) is 33.9 Å². The second kappa shape index (κ2) is 5.54. The van der Waals surface area contributed by atoms with E-state index in [9.17, 15) is 19.8 Å². The molecule has 2 aliphatic carbocycles. The van der Waals surface area contributed by atoms with Crippen LogP contribution in [0.25, 0.3) is 0 Å². The van der Waals surface area contributed by atoms with Crippen molar-refractivity contribution in [2.45, 2.75) is 57.7 Å². The van der Waals surface area contributed by atoms with Crippen molar-refractivity contribution in [3.8, 4) is 0 Å². The van der Waals surface area contributed by atoms with Crippen molar-refractivity contribution in [2.24, 2.45) is 11.3 Å². The first-order chi connectivity index (χ1) is 10.1. The molecule has 122 valence electrons. The Balaban J connectivity index is 2.43.